The van der Waals surface area contributed by atoms with Gasteiger partial charge in [-0.25, -0.2) is 0 Å². The monoisotopic (exact) mass is 354 g/mol. The van der Waals surface area contributed by atoms with Crippen LogP contribution < -0.4 is 10.2 Å². The second kappa shape index (κ2) is 8.79. The van der Waals surface area contributed by atoms with Gasteiger partial charge in [-0.1, -0.05) is 63.5 Å². The molecule has 0 fully saturated rings. The maximum Gasteiger partial charge on any atom is 0.0423 e. The molecule has 21 heavy (non-hydrogen) atoms. The molecule has 0 aromatic heterocycles. The topological polar surface area (TPSA) is 15.3 Å². The average Bonchev–Trinajstić information content (AvgIpc) is 2.35. The van der Waals surface area contributed by atoms with Crippen LogP contribution in [0.15, 0.2) is 22.7 Å². The number of nitrogens with one attached hydrogen (secondary N) is 1. The molecule has 0 amide bonds. The summed E-state index contributed by atoms with van der Waals surface area (Å²) < 4.78 is 1.16. The quantitative estimate of drug-likeness (QED) is 0.701. The molecule has 120 valence electrons. The Labute approximate surface area is 139 Å². The molecule has 0 aliphatic rings. The molecule has 0 unspecified atom stereocenters. The lowest BCUT2D eigenvalue weighted by molar-refractivity contribution is 0.546. The van der Waals surface area contributed by atoms with Crippen LogP contribution in [0.2, 0.25) is 0 Å². The van der Waals surface area contributed by atoms with Crippen molar-refractivity contribution in [3.63, 3.8) is 0 Å². The van der Waals surface area contributed by atoms with Crippen molar-refractivity contribution in [2.24, 2.45) is 11.8 Å². The van der Waals surface area contributed by atoms with E-state index in [1.807, 2.05) is 0 Å². The van der Waals surface area contributed by atoms with Gasteiger partial charge in [-0.2, -0.15) is 0 Å². The van der Waals surface area contributed by atoms with E-state index in [-0.39, 0.29) is 0 Å². The van der Waals surface area contributed by atoms with Crippen molar-refractivity contribution in [1.82, 2.24) is 5.32 Å². The maximum atomic E-state index is 3.63. The highest BCUT2D eigenvalue weighted by Crippen LogP contribution is 2.27. The second-order valence-electron chi connectivity index (χ2n) is 7.00. The Morgan fingerprint density at radius 1 is 1.00 bits per heavy atom. The van der Waals surface area contributed by atoms with Crippen molar-refractivity contribution in [1.29, 1.82) is 0 Å². The van der Waals surface area contributed by atoms with E-state index in [4.69, 9.17) is 0 Å². The largest absolute Gasteiger partial charge is 0.371 e. The molecule has 1 rings (SSSR count). The Morgan fingerprint density at radius 3 is 2.05 bits per heavy atom. The molecule has 0 aliphatic heterocycles. The predicted octanol–water partition coefficient (Wildman–Crippen LogP) is 5.07. The summed E-state index contributed by atoms with van der Waals surface area (Å²) in [4.78, 5) is 2.54. The van der Waals surface area contributed by atoms with E-state index in [0.717, 1.165) is 24.1 Å². The molecule has 0 aliphatic carbocycles. The Bertz CT molecular complexity index is 417. The van der Waals surface area contributed by atoms with E-state index < -0.39 is 0 Å². The summed E-state index contributed by atoms with van der Waals surface area (Å²) in [6, 6.07) is 7.15. The van der Waals surface area contributed by atoms with Crippen LogP contribution in [0.1, 0.15) is 47.1 Å². The van der Waals surface area contributed by atoms with Crippen LogP contribution in [-0.4, -0.2) is 19.1 Å². The van der Waals surface area contributed by atoms with Gasteiger partial charge in [-0.15, -0.1) is 0 Å². The van der Waals surface area contributed by atoms with Crippen LogP contribution >= 0.6 is 15.9 Å². The number of benzene rings is 1. The molecule has 0 heterocycles. The Morgan fingerprint density at radius 2 is 1.57 bits per heavy atom. The van der Waals surface area contributed by atoms with Crippen LogP contribution in [0.3, 0.4) is 0 Å². The van der Waals surface area contributed by atoms with Gasteiger partial charge in [0.25, 0.3) is 0 Å². The van der Waals surface area contributed by atoms with Crippen molar-refractivity contribution in [3.05, 3.63) is 28.2 Å². The third-order valence-electron chi connectivity index (χ3n) is 3.26. The van der Waals surface area contributed by atoms with Gasteiger partial charge < -0.3 is 10.2 Å². The lowest BCUT2D eigenvalue weighted by Gasteiger charge is -2.31. The summed E-state index contributed by atoms with van der Waals surface area (Å²) in [5.41, 5.74) is 2.74. The zero-order valence-corrected chi connectivity index (χ0v) is 16.0. The molecule has 0 bridgehead atoms. The van der Waals surface area contributed by atoms with Crippen LogP contribution in [0.4, 0.5) is 5.69 Å². The van der Waals surface area contributed by atoms with E-state index in [9.17, 15) is 0 Å². The fourth-order valence-electron chi connectivity index (χ4n) is 2.45. The average molecular weight is 355 g/mol. The van der Waals surface area contributed by atoms with Crippen molar-refractivity contribution in [2.45, 2.75) is 54.1 Å². The summed E-state index contributed by atoms with van der Waals surface area (Å²) in [6.45, 7) is 16.7. The van der Waals surface area contributed by atoms with Gasteiger partial charge in [-0.3, -0.25) is 0 Å². The number of hydrogen-bond acceptors (Lipinski definition) is 2. The van der Waals surface area contributed by atoms with Crippen LogP contribution in [0.5, 0.6) is 0 Å². The van der Waals surface area contributed by atoms with Crippen LogP contribution in [-0.2, 0) is 6.54 Å². The third-order valence-corrected chi connectivity index (χ3v) is 3.75. The first-order valence-electron chi connectivity index (χ1n) is 8.06. The van der Waals surface area contributed by atoms with E-state index >= 15 is 0 Å². The van der Waals surface area contributed by atoms with E-state index in [0.29, 0.717) is 17.9 Å². The number of nitrogens with zero attached hydrogens (tertiary/aromatic N) is 1. The lowest BCUT2D eigenvalue weighted by atomic mass is 10.1. The zero-order chi connectivity index (χ0) is 16.0. The van der Waals surface area contributed by atoms with Gasteiger partial charge in [0.05, 0.1) is 0 Å². The highest BCUT2D eigenvalue weighted by atomic mass is 79.9. The number of anilines is 1. The van der Waals surface area contributed by atoms with Crippen LogP contribution in [0, 0.1) is 11.8 Å². The Kier molecular flexibility index (Phi) is 7.75. The SMILES string of the molecule is CC(C)CN(CC(C)C)c1cc(Br)ccc1CNC(C)C. The van der Waals surface area contributed by atoms with Crippen molar-refractivity contribution in [2.75, 3.05) is 18.0 Å². The van der Waals surface area contributed by atoms with Gasteiger partial charge in [-0.05, 0) is 29.5 Å². The van der Waals surface area contributed by atoms with E-state index in [2.05, 4.69) is 85.9 Å². The zero-order valence-electron chi connectivity index (χ0n) is 14.4. The molecule has 0 radical (unpaired) electrons. The smallest absolute Gasteiger partial charge is 0.0423 e. The summed E-state index contributed by atoms with van der Waals surface area (Å²) in [6.07, 6.45) is 0. The third kappa shape index (κ3) is 6.84. The first-order valence-corrected chi connectivity index (χ1v) is 8.85. The van der Waals surface area contributed by atoms with Crippen molar-refractivity contribution in [3.8, 4) is 0 Å². The van der Waals surface area contributed by atoms with Crippen molar-refractivity contribution < 1.29 is 0 Å². The number of halogens is 1. The number of hydrogen-bond donors (Lipinski definition) is 1. The van der Waals surface area contributed by atoms with Gasteiger partial charge in [0.1, 0.15) is 0 Å². The fraction of sp³-hybridized carbons (Fsp3) is 0.667. The first-order chi connectivity index (χ1) is 9.79. The van der Waals surface area contributed by atoms with Gasteiger partial charge >= 0.3 is 0 Å². The van der Waals surface area contributed by atoms with E-state index in [1.165, 1.54) is 11.3 Å². The molecule has 1 aromatic rings. The highest BCUT2D eigenvalue weighted by Gasteiger charge is 2.15. The summed E-state index contributed by atoms with van der Waals surface area (Å²) in [5.74, 6) is 1.32. The Balaban J connectivity index is 3.05. The Hall–Kier alpha value is -0.540. The molecule has 0 atom stereocenters. The predicted molar refractivity (Wildman–Crippen MR) is 98.0 cm³/mol. The summed E-state index contributed by atoms with van der Waals surface area (Å²) in [5, 5.41) is 3.54. The molecule has 1 aromatic carbocycles. The van der Waals surface area contributed by atoms with Gasteiger partial charge in [0.2, 0.25) is 0 Å². The van der Waals surface area contributed by atoms with Gasteiger partial charge in [0, 0.05) is 35.8 Å². The number of rotatable bonds is 8. The first kappa shape index (κ1) is 18.5. The molecule has 1 N–H and O–H groups in total. The maximum absolute atomic E-state index is 3.63. The molecule has 2 nitrogen and oxygen atoms in total. The van der Waals surface area contributed by atoms with Crippen LogP contribution in [0.25, 0.3) is 0 Å². The summed E-state index contributed by atoms with van der Waals surface area (Å²) in [7, 11) is 0. The second-order valence-corrected chi connectivity index (χ2v) is 7.92. The minimum absolute atomic E-state index is 0.505. The summed E-state index contributed by atoms with van der Waals surface area (Å²) >= 11 is 3.63. The van der Waals surface area contributed by atoms with E-state index in [1.54, 1.807) is 0 Å². The molecule has 0 saturated heterocycles. The molecular weight excluding hydrogens is 324 g/mol. The fourth-order valence-corrected chi connectivity index (χ4v) is 2.80. The molecular formula is C18H31BrN2. The standard InChI is InChI=1S/C18H31BrN2/c1-13(2)11-21(12-14(3)4)18-9-17(19)8-7-16(18)10-20-15(5)6/h7-9,13-15,20H,10-12H2,1-6H3. The van der Waals surface area contributed by atoms with Gasteiger partial charge in [0.15, 0.2) is 0 Å². The highest BCUT2D eigenvalue weighted by molar-refractivity contribution is 9.10. The minimum atomic E-state index is 0.505. The normalized spacial score (nSPS) is 11.7. The minimum Gasteiger partial charge on any atom is -0.371 e. The molecule has 0 saturated carbocycles. The molecule has 0 spiro atoms. The molecule has 3 heteroatoms. The van der Waals surface area contributed by atoms with Crippen molar-refractivity contribution >= 4 is 21.6 Å². The lowest BCUT2D eigenvalue weighted by Crippen LogP contribution is -2.33.